The number of nitrogens with one attached hydrogen (secondary N) is 1. The van der Waals surface area contributed by atoms with E-state index in [0.717, 1.165) is 0 Å². The zero-order chi connectivity index (χ0) is 14.4. The first-order chi connectivity index (χ1) is 8.99. The van der Waals surface area contributed by atoms with Crippen molar-refractivity contribution in [2.45, 2.75) is 32.4 Å². The quantitative estimate of drug-likeness (QED) is 0.819. The molecule has 5 nitrogen and oxygen atoms in total. The Morgan fingerprint density at radius 3 is 2.21 bits per heavy atom. The van der Waals surface area contributed by atoms with E-state index in [4.69, 9.17) is 15.2 Å². The lowest BCUT2D eigenvalue weighted by atomic mass is 10.1. The van der Waals surface area contributed by atoms with E-state index in [1.807, 2.05) is 13.8 Å². The Kier molecular flexibility index (Phi) is 5.63. The van der Waals surface area contributed by atoms with Crippen LogP contribution in [0, 0.1) is 0 Å². The highest BCUT2D eigenvalue weighted by molar-refractivity contribution is 5.99. The molecule has 0 heterocycles. The number of methoxy groups -OCH3 is 2. The lowest BCUT2D eigenvalue weighted by Gasteiger charge is -2.18. The molecule has 1 rings (SSSR count). The minimum absolute atomic E-state index is 0.0119. The third kappa shape index (κ3) is 4.13. The normalized spacial score (nSPS) is 13.5. The van der Waals surface area contributed by atoms with Crippen LogP contribution in [0.5, 0.6) is 11.5 Å². The highest BCUT2D eigenvalue weighted by Gasteiger charge is 2.19. The Balaban J connectivity index is 2.92. The van der Waals surface area contributed by atoms with Gasteiger partial charge in [0.05, 0.1) is 14.2 Å². The maximum atomic E-state index is 12.3. The molecule has 0 fully saturated rings. The number of benzene rings is 1. The Bertz CT molecular complexity index is 410. The zero-order valence-corrected chi connectivity index (χ0v) is 11.9. The van der Waals surface area contributed by atoms with Gasteiger partial charge in [0, 0.05) is 12.1 Å². The second-order valence-electron chi connectivity index (χ2n) is 4.63. The number of rotatable bonds is 6. The summed E-state index contributed by atoms with van der Waals surface area (Å²) in [4.78, 5) is 12.3. The van der Waals surface area contributed by atoms with Crippen LogP contribution in [0.15, 0.2) is 18.2 Å². The van der Waals surface area contributed by atoms with Crippen LogP contribution < -0.4 is 20.5 Å². The van der Waals surface area contributed by atoms with Crippen LogP contribution in [-0.2, 0) is 0 Å². The molecule has 1 aromatic rings. The zero-order valence-electron chi connectivity index (χ0n) is 11.9. The van der Waals surface area contributed by atoms with Crippen molar-refractivity contribution in [1.29, 1.82) is 0 Å². The molecule has 2 atom stereocenters. The average molecular weight is 266 g/mol. The minimum atomic E-state index is -0.220. The fourth-order valence-corrected chi connectivity index (χ4v) is 1.99. The Hall–Kier alpha value is -1.75. The van der Waals surface area contributed by atoms with Crippen molar-refractivity contribution < 1.29 is 14.3 Å². The molecule has 0 aliphatic carbocycles. The molecule has 1 amide bonds. The number of amides is 1. The predicted molar refractivity (Wildman–Crippen MR) is 74.7 cm³/mol. The van der Waals surface area contributed by atoms with Crippen molar-refractivity contribution in [2.24, 2.45) is 5.73 Å². The van der Waals surface area contributed by atoms with Crippen LogP contribution in [0.1, 0.15) is 30.6 Å². The number of hydrogen-bond acceptors (Lipinski definition) is 4. The number of carbonyl (C=O) groups excluding carboxylic acids is 1. The van der Waals surface area contributed by atoms with E-state index in [-0.39, 0.29) is 18.0 Å². The topological polar surface area (TPSA) is 73.6 Å². The molecule has 0 aliphatic rings. The molecule has 3 N–H and O–H groups in total. The van der Waals surface area contributed by atoms with Crippen molar-refractivity contribution in [1.82, 2.24) is 5.32 Å². The van der Waals surface area contributed by atoms with Gasteiger partial charge in [-0.05, 0) is 32.4 Å². The van der Waals surface area contributed by atoms with E-state index in [9.17, 15) is 4.79 Å². The van der Waals surface area contributed by atoms with E-state index in [1.165, 1.54) is 14.2 Å². The lowest BCUT2D eigenvalue weighted by Crippen LogP contribution is -2.36. The number of carbonyl (C=O) groups is 1. The van der Waals surface area contributed by atoms with E-state index >= 15 is 0 Å². The van der Waals surface area contributed by atoms with Gasteiger partial charge >= 0.3 is 0 Å². The van der Waals surface area contributed by atoms with Gasteiger partial charge in [-0.1, -0.05) is 6.07 Å². The summed E-state index contributed by atoms with van der Waals surface area (Å²) in [6.07, 6.45) is 0.712. The molecule has 1 aromatic carbocycles. The van der Waals surface area contributed by atoms with E-state index in [1.54, 1.807) is 18.2 Å². The molecular formula is C14H22N2O3. The first kappa shape index (κ1) is 15.3. The SMILES string of the molecule is COc1cccc(OC)c1C(=O)NC(C)CC(C)N. The summed E-state index contributed by atoms with van der Waals surface area (Å²) in [5.41, 5.74) is 6.13. The highest BCUT2D eigenvalue weighted by Crippen LogP contribution is 2.28. The summed E-state index contributed by atoms with van der Waals surface area (Å²) in [5.74, 6) is 0.761. The van der Waals surface area contributed by atoms with Gasteiger partial charge in [0.2, 0.25) is 0 Å². The van der Waals surface area contributed by atoms with E-state index in [0.29, 0.717) is 23.5 Å². The number of hydrogen-bond donors (Lipinski definition) is 2. The van der Waals surface area contributed by atoms with Crippen molar-refractivity contribution >= 4 is 5.91 Å². The Labute approximate surface area is 114 Å². The molecular weight excluding hydrogens is 244 g/mol. The summed E-state index contributed by atoms with van der Waals surface area (Å²) < 4.78 is 10.4. The fraction of sp³-hybridized carbons (Fsp3) is 0.500. The maximum Gasteiger partial charge on any atom is 0.259 e. The molecule has 0 aromatic heterocycles. The van der Waals surface area contributed by atoms with Crippen LogP contribution in [-0.4, -0.2) is 32.2 Å². The molecule has 2 unspecified atom stereocenters. The van der Waals surface area contributed by atoms with Crippen molar-refractivity contribution in [3.8, 4) is 11.5 Å². The number of nitrogens with two attached hydrogens (primary N) is 1. The van der Waals surface area contributed by atoms with Gasteiger partial charge in [0.25, 0.3) is 5.91 Å². The van der Waals surface area contributed by atoms with Gasteiger partial charge in [-0.25, -0.2) is 0 Å². The third-order valence-electron chi connectivity index (χ3n) is 2.76. The van der Waals surface area contributed by atoms with Crippen molar-refractivity contribution in [3.05, 3.63) is 23.8 Å². The van der Waals surface area contributed by atoms with Gasteiger partial charge in [-0.3, -0.25) is 4.79 Å². The van der Waals surface area contributed by atoms with Gasteiger partial charge < -0.3 is 20.5 Å². The maximum absolute atomic E-state index is 12.3. The highest BCUT2D eigenvalue weighted by atomic mass is 16.5. The van der Waals surface area contributed by atoms with Crippen molar-refractivity contribution in [2.75, 3.05) is 14.2 Å². The molecule has 106 valence electrons. The fourth-order valence-electron chi connectivity index (χ4n) is 1.99. The largest absolute Gasteiger partial charge is 0.496 e. The second kappa shape index (κ2) is 6.99. The summed E-state index contributed by atoms with van der Waals surface area (Å²) in [6, 6.07) is 5.26. The van der Waals surface area contributed by atoms with Crippen molar-refractivity contribution in [3.63, 3.8) is 0 Å². The summed E-state index contributed by atoms with van der Waals surface area (Å²) >= 11 is 0. The summed E-state index contributed by atoms with van der Waals surface area (Å²) in [5, 5.41) is 2.90. The average Bonchev–Trinajstić information content (AvgIpc) is 2.36. The van der Waals surface area contributed by atoms with Gasteiger partial charge in [0.15, 0.2) is 0 Å². The Morgan fingerprint density at radius 1 is 1.26 bits per heavy atom. The first-order valence-corrected chi connectivity index (χ1v) is 6.27. The van der Waals surface area contributed by atoms with Gasteiger partial charge in [-0.2, -0.15) is 0 Å². The molecule has 0 spiro atoms. The molecule has 5 heteroatoms. The van der Waals surface area contributed by atoms with Gasteiger partial charge in [0.1, 0.15) is 17.1 Å². The molecule has 0 bridgehead atoms. The molecule has 0 radical (unpaired) electrons. The van der Waals surface area contributed by atoms with Crippen LogP contribution >= 0.6 is 0 Å². The molecule has 0 saturated heterocycles. The standard InChI is InChI=1S/C14H22N2O3/c1-9(15)8-10(2)16-14(17)13-11(18-3)6-5-7-12(13)19-4/h5-7,9-10H,8,15H2,1-4H3,(H,16,17). The van der Waals surface area contributed by atoms with E-state index in [2.05, 4.69) is 5.32 Å². The van der Waals surface area contributed by atoms with Gasteiger partial charge in [-0.15, -0.1) is 0 Å². The van der Waals surface area contributed by atoms with E-state index < -0.39 is 0 Å². The smallest absolute Gasteiger partial charge is 0.259 e. The number of ether oxygens (including phenoxy) is 2. The van der Waals surface area contributed by atoms with Crippen LogP contribution in [0.3, 0.4) is 0 Å². The third-order valence-corrected chi connectivity index (χ3v) is 2.76. The summed E-state index contributed by atoms with van der Waals surface area (Å²) in [6.45, 7) is 3.83. The monoisotopic (exact) mass is 266 g/mol. The first-order valence-electron chi connectivity index (χ1n) is 6.27. The minimum Gasteiger partial charge on any atom is -0.496 e. The Morgan fingerprint density at radius 2 is 1.79 bits per heavy atom. The molecule has 19 heavy (non-hydrogen) atoms. The molecule has 0 saturated carbocycles. The molecule has 0 aliphatic heterocycles. The predicted octanol–water partition coefficient (Wildman–Crippen LogP) is 1.56. The van der Waals surface area contributed by atoms with Crippen LogP contribution in [0.4, 0.5) is 0 Å². The van der Waals surface area contributed by atoms with Crippen LogP contribution in [0.2, 0.25) is 0 Å². The second-order valence-corrected chi connectivity index (χ2v) is 4.63. The van der Waals surface area contributed by atoms with Crippen LogP contribution in [0.25, 0.3) is 0 Å². The lowest BCUT2D eigenvalue weighted by molar-refractivity contribution is 0.0931. The summed E-state index contributed by atoms with van der Waals surface area (Å²) in [7, 11) is 3.05.